The fourth-order valence-electron chi connectivity index (χ4n) is 2.88. The molecule has 0 aliphatic heterocycles. The van der Waals surface area contributed by atoms with Crippen molar-refractivity contribution in [2.24, 2.45) is 5.92 Å². The number of rotatable bonds is 2. The Balaban J connectivity index is 1.95. The maximum Gasteiger partial charge on any atom is 0.162 e. The number of hydrogen-bond donors (Lipinski definition) is 2. The predicted molar refractivity (Wildman–Crippen MR) is 73.6 cm³/mol. The molecule has 2 N–H and O–H groups in total. The summed E-state index contributed by atoms with van der Waals surface area (Å²) in [7, 11) is 0. The zero-order chi connectivity index (χ0) is 12.9. The first kappa shape index (κ1) is 11.5. The van der Waals surface area contributed by atoms with Crippen LogP contribution in [-0.2, 0) is 0 Å². The largest absolute Gasteiger partial charge is 0.367 e. The molecule has 0 bridgehead atoms. The Bertz CT molecular complexity index is 556. The van der Waals surface area contributed by atoms with E-state index in [9.17, 15) is 5.11 Å². The fourth-order valence-corrected chi connectivity index (χ4v) is 2.88. The van der Waals surface area contributed by atoms with Crippen LogP contribution in [0.1, 0.15) is 27.2 Å². The lowest BCUT2D eigenvalue weighted by atomic mass is 10.0. The summed E-state index contributed by atoms with van der Waals surface area (Å²) in [5.74, 6) is 0.383. The van der Waals surface area contributed by atoms with E-state index in [4.69, 9.17) is 0 Å². The fraction of sp³-hybridized carbons (Fsp3) is 0.375. The summed E-state index contributed by atoms with van der Waals surface area (Å²) in [6.07, 6.45) is 11.1. The molecule has 1 saturated carbocycles. The highest BCUT2D eigenvalue weighted by atomic mass is 16.3. The van der Waals surface area contributed by atoms with Gasteiger partial charge in [0.2, 0.25) is 0 Å². The van der Waals surface area contributed by atoms with Crippen molar-refractivity contribution in [2.75, 3.05) is 0 Å². The van der Waals surface area contributed by atoms with E-state index in [1.165, 1.54) is 16.7 Å². The van der Waals surface area contributed by atoms with Crippen LogP contribution >= 0.6 is 0 Å². The lowest BCUT2D eigenvalue weighted by Gasteiger charge is -2.26. The summed E-state index contributed by atoms with van der Waals surface area (Å²) in [6.45, 7) is 6.14. The van der Waals surface area contributed by atoms with Crippen LogP contribution in [-0.4, -0.2) is 10.8 Å². The average Bonchev–Trinajstić information content (AvgIpc) is 2.91. The van der Waals surface area contributed by atoms with Crippen LogP contribution in [0.25, 0.3) is 0 Å². The van der Waals surface area contributed by atoms with Crippen LogP contribution in [0.15, 0.2) is 58.4 Å². The third-order valence-electron chi connectivity index (χ3n) is 4.06. The summed E-state index contributed by atoms with van der Waals surface area (Å²) >= 11 is 0. The second-order valence-corrected chi connectivity index (χ2v) is 5.57. The molecule has 3 aliphatic rings. The molecule has 0 radical (unpaired) electrons. The number of aliphatic hydroxyl groups is 1. The second-order valence-electron chi connectivity index (χ2n) is 5.57. The van der Waals surface area contributed by atoms with E-state index in [0.717, 1.165) is 11.3 Å². The van der Waals surface area contributed by atoms with Gasteiger partial charge in [-0.2, -0.15) is 0 Å². The van der Waals surface area contributed by atoms with Crippen LogP contribution in [0.5, 0.6) is 0 Å². The number of allylic oxidation sites excluding steroid dienone is 8. The zero-order valence-corrected chi connectivity index (χ0v) is 11.1. The Kier molecular flexibility index (Phi) is 2.39. The Labute approximate surface area is 108 Å². The maximum absolute atomic E-state index is 10.8. The van der Waals surface area contributed by atoms with Crippen LogP contribution < -0.4 is 5.32 Å². The van der Waals surface area contributed by atoms with E-state index in [1.807, 2.05) is 19.1 Å². The zero-order valence-electron chi connectivity index (χ0n) is 11.1. The lowest BCUT2D eigenvalue weighted by molar-refractivity contribution is 0.0664. The minimum atomic E-state index is -0.872. The standard InChI is InChI=1S/C16H19NO/c1-10(2)11(3)17-16(18)9-12-7-5-4-6-8-13-14(12)15(13)16/h4-8,14,17-18H,9H2,1-3H3. The first-order valence-electron chi connectivity index (χ1n) is 6.46. The molecule has 3 aliphatic carbocycles. The molecule has 1 fully saturated rings. The Morgan fingerprint density at radius 1 is 1.28 bits per heavy atom. The Morgan fingerprint density at radius 2 is 2.06 bits per heavy atom. The van der Waals surface area contributed by atoms with Crippen molar-refractivity contribution in [3.05, 3.63) is 58.4 Å². The first-order chi connectivity index (χ1) is 8.53. The molecule has 0 aromatic heterocycles. The van der Waals surface area contributed by atoms with Crippen LogP contribution in [0.4, 0.5) is 0 Å². The van der Waals surface area contributed by atoms with Gasteiger partial charge in [-0.25, -0.2) is 0 Å². The third-order valence-corrected chi connectivity index (χ3v) is 4.06. The van der Waals surface area contributed by atoms with Gasteiger partial charge in [0.15, 0.2) is 5.72 Å². The van der Waals surface area contributed by atoms with Crippen molar-refractivity contribution in [3.63, 3.8) is 0 Å². The molecule has 2 nitrogen and oxygen atoms in total. The van der Waals surface area contributed by atoms with E-state index in [1.54, 1.807) is 0 Å². The molecule has 2 heteroatoms. The maximum atomic E-state index is 10.8. The predicted octanol–water partition coefficient (Wildman–Crippen LogP) is 2.96. The van der Waals surface area contributed by atoms with Crippen molar-refractivity contribution >= 4 is 0 Å². The number of nitrogens with one attached hydrogen (secondary N) is 1. The SMILES string of the molecule is CC(C)=C(C)NC1(O)CC2=CC=CC=CC3=C1C23. The summed E-state index contributed by atoms with van der Waals surface area (Å²) in [5.41, 5.74) is 5.17. The summed E-state index contributed by atoms with van der Waals surface area (Å²) in [4.78, 5) is 0. The molecule has 94 valence electrons. The van der Waals surface area contributed by atoms with Crippen LogP contribution in [0, 0.1) is 5.92 Å². The van der Waals surface area contributed by atoms with Crippen molar-refractivity contribution in [1.82, 2.24) is 5.32 Å². The van der Waals surface area contributed by atoms with E-state index in [-0.39, 0.29) is 0 Å². The van der Waals surface area contributed by atoms with Crippen molar-refractivity contribution < 1.29 is 5.11 Å². The third kappa shape index (κ3) is 1.60. The van der Waals surface area contributed by atoms with Crippen molar-refractivity contribution in [3.8, 4) is 0 Å². The molecule has 0 aromatic rings. The van der Waals surface area contributed by atoms with Gasteiger partial charge in [0.1, 0.15) is 0 Å². The van der Waals surface area contributed by atoms with Crippen molar-refractivity contribution in [1.29, 1.82) is 0 Å². The smallest absolute Gasteiger partial charge is 0.162 e. The van der Waals surface area contributed by atoms with Gasteiger partial charge >= 0.3 is 0 Å². The minimum Gasteiger partial charge on any atom is -0.367 e. The minimum absolute atomic E-state index is 0.383. The molecule has 2 atom stereocenters. The van der Waals surface area contributed by atoms with Crippen LogP contribution in [0.3, 0.4) is 0 Å². The van der Waals surface area contributed by atoms with E-state index < -0.39 is 5.72 Å². The first-order valence-corrected chi connectivity index (χ1v) is 6.46. The van der Waals surface area contributed by atoms with Gasteiger partial charge in [0.05, 0.1) is 0 Å². The topological polar surface area (TPSA) is 32.3 Å². The van der Waals surface area contributed by atoms with Gasteiger partial charge in [-0.05, 0) is 31.9 Å². The van der Waals surface area contributed by atoms with E-state index in [0.29, 0.717) is 12.3 Å². The van der Waals surface area contributed by atoms with Crippen molar-refractivity contribution in [2.45, 2.75) is 32.9 Å². The molecule has 18 heavy (non-hydrogen) atoms. The average molecular weight is 241 g/mol. The lowest BCUT2D eigenvalue weighted by Crippen LogP contribution is -2.42. The molecule has 0 spiro atoms. The Morgan fingerprint density at radius 3 is 2.78 bits per heavy atom. The van der Waals surface area contributed by atoms with Gasteiger partial charge in [-0.1, -0.05) is 41.5 Å². The molecular formula is C16H19NO. The highest BCUT2D eigenvalue weighted by Gasteiger charge is 2.56. The summed E-state index contributed by atoms with van der Waals surface area (Å²) < 4.78 is 0. The van der Waals surface area contributed by atoms with Gasteiger partial charge in [-0.15, -0.1) is 0 Å². The monoisotopic (exact) mass is 241 g/mol. The molecule has 2 unspecified atom stereocenters. The van der Waals surface area contributed by atoms with Crippen LogP contribution in [0.2, 0.25) is 0 Å². The van der Waals surface area contributed by atoms with Gasteiger partial charge in [0.25, 0.3) is 0 Å². The second kappa shape index (κ2) is 3.72. The van der Waals surface area contributed by atoms with E-state index >= 15 is 0 Å². The molecule has 0 heterocycles. The quantitative estimate of drug-likeness (QED) is 0.728. The molecule has 3 rings (SSSR count). The molecule has 0 amide bonds. The van der Waals surface area contributed by atoms with Gasteiger partial charge in [0, 0.05) is 18.0 Å². The Hall–Kier alpha value is -1.54. The molecule has 0 saturated heterocycles. The number of hydrogen-bond acceptors (Lipinski definition) is 2. The van der Waals surface area contributed by atoms with Gasteiger partial charge in [-0.3, -0.25) is 0 Å². The highest BCUT2D eigenvalue weighted by Crippen LogP contribution is 2.59. The molecule has 0 aromatic carbocycles. The van der Waals surface area contributed by atoms with E-state index in [2.05, 4.69) is 37.4 Å². The molecular weight excluding hydrogens is 222 g/mol. The summed E-state index contributed by atoms with van der Waals surface area (Å²) in [5, 5.41) is 14.1. The highest BCUT2D eigenvalue weighted by molar-refractivity contribution is 5.65. The summed E-state index contributed by atoms with van der Waals surface area (Å²) in [6, 6.07) is 0. The van der Waals surface area contributed by atoms with Gasteiger partial charge < -0.3 is 10.4 Å². The normalized spacial score (nSPS) is 31.6.